The van der Waals surface area contributed by atoms with E-state index < -0.39 is 44.1 Å². The molecule has 10 heteroatoms. The van der Waals surface area contributed by atoms with Gasteiger partial charge in [-0.3, -0.25) is 4.90 Å². The van der Waals surface area contributed by atoms with E-state index in [0.29, 0.717) is 44.3 Å². The number of hydrogen-bond donors (Lipinski definition) is 2. The summed E-state index contributed by atoms with van der Waals surface area (Å²) in [4.78, 5) is 16.5. The summed E-state index contributed by atoms with van der Waals surface area (Å²) < 4.78 is 43.5. The van der Waals surface area contributed by atoms with Crippen LogP contribution in [0.2, 0.25) is 0 Å². The molecule has 1 heterocycles. The Morgan fingerprint density at radius 1 is 1.12 bits per heavy atom. The second kappa shape index (κ2) is 9.23. The van der Waals surface area contributed by atoms with Crippen molar-refractivity contribution < 1.29 is 37.6 Å². The van der Waals surface area contributed by atoms with E-state index in [1.165, 1.54) is 0 Å². The number of carbonyl (C=O) groups is 1. The maximum absolute atomic E-state index is 14.1. The van der Waals surface area contributed by atoms with E-state index >= 15 is 0 Å². The first-order chi connectivity index (χ1) is 19.8. The van der Waals surface area contributed by atoms with E-state index in [1.807, 2.05) is 0 Å². The third kappa shape index (κ3) is 3.37. The van der Waals surface area contributed by atoms with Crippen LogP contribution in [0.15, 0.2) is 24.3 Å². The Bertz CT molecular complexity index is 1400. The molecule has 232 valence electrons. The lowest BCUT2D eigenvalue weighted by Gasteiger charge is -2.70. The fourth-order valence-corrected chi connectivity index (χ4v) is 12.7. The summed E-state index contributed by atoms with van der Waals surface area (Å²) in [5, 5.41) is 25.6. The van der Waals surface area contributed by atoms with Crippen LogP contribution in [-0.4, -0.2) is 98.1 Å². The van der Waals surface area contributed by atoms with Crippen LogP contribution >= 0.6 is 0 Å². The van der Waals surface area contributed by atoms with Gasteiger partial charge in [0.1, 0.15) is 16.8 Å². The number of likely N-dealkylation sites (tertiary alicyclic amines) is 1. The average Bonchev–Trinajstić information content (AvgIpc) is 3.36. The molecule has 5 aliphatic carbocycles. The summed E-state index contributed by atoms with van der Waals surface area (Å²) in [5.74, 6) is -1.06. The number of ether oxygens (including phenoxy) is 3. The molecule has 7 rings (SSSR count). The molecule has 6 aliphatic rings. The molecule has 1 spiro atoms. The molecular weight excluding hydrogens is 558 g/mol. The lowest BCUT2D eigenvalue weighted by molar-refractivity contribution is -0.335. The molecule has 0 amide bonds. The predicted octanol–water partition coefficient (Wildman–Crippen LogP) is 2.43. The number of nitrogens with zero attached hydrogens (tertiary/aromatic N) is 1. The summed E-state index contributed by atoms with van der Waals surface area (Å²) in [6.07, 6.45) is 3.69. The number of likely N-dealkylation sites (N-methyl/N-ethyl adjacent to an activating group) is 1. The highest BCUT2D eigenvalue weighted by atomic mass is 32.2. The predicted molar refractivity (Wildman–Crippen MR) is 154 cm³/mol. The van der Waals surface area contributed by atoms with Gasteiger partial charge in [0.15, 0.2) is 9.84 Å². The molecule has 42 heavy (non-hydrogen) atoms. The van der Waals surface area contributed by atoms with Gasteiger partial charge in [-0.15, -0.1) is 0 Å². The Kier molecular flexibility index (Phi) is 6.41. The fourth-order valence-electron chi connectivity index (χ4n) is 11.9. The molecule has 6 fully saturated rings. The van der Waals surface area contributed by atoms with Gasteiger partial charge in [-0.05, 0) is 62.1 Å². The summed E-state index contributed by atoms with van der Waals surface area (Å²) in [6.45, 7) is 5.55. The van der Waals surface area contributed by atoms with Crippen molar-refractivity contribution in [3.05, 3.63) is 35.4 Å². The number of fused-ring (bicyclic) bond motifs is 2. The molecule has 1 aromatic carbocycles. The number of rotatable bonds is 7. The average molecular weight is 604 g/mol. The number of methoxy groups -OCH3 is 2. The minimum Gasteiger partial charge on any atom is -0.454 e. The first kappa shape index (κ1) is 29.2. The molecule has 1 saturated heterocycles. The van der Waals surface area contributed by atoms with Crippen LogP contribution in [0.25, 0.3) is 0 Å². The van der Waals surface area contributed by atoms with Crippen molar-refractivity contribution >= 4 is 15.8 Å². The zero-order valence-electron chi connectivity index (χ0n) is 25.3. The highest BCUT2D eigenvalue weighted by molar-refractivity contribution is 7.89. The van der Waals surface area contributed by atoms with Crippen molar-refractivity contribution in [2.45, 2.75) is 86.8 Å². The van der Waals surface area contributed by atoms with Crippen molar-refractivity contribution in [1.29, 1.82) is 0 Å². The zero-order valence-corrected chi connectivity index (χ0v) is 26.1. The molecule has 9 nitrogen and oxygen atoms in total. The number of benzene rings is 1. The summed E-state index contributed by atoms with van der Waals surface area (Å²) in [6, 6.07) is 6.78. The maximum atomic E-state index is 14.1. The smallest absolute Gasteiger partial charge is 0.339 e. The van der Waals surface area contributed by atoms with Gasteiger partial charge in [0.25, 0.3) is 0 Å². The van der Waals surface area contributed by atoms with Crippen LogP contribution in [-0.2, 0) is 29.8 Å². The van der Waals surface area contributed by atoms with E-state index in [4.69, 9.17) is 14.2 Å². The number of esters is 1. The van der Waals surface area contributed by atoms with Gasteiger partial charge < -0.3 is 24.4 Å². The third-order valence-electron chi connectivity index (χ3n) is 12.9. The van der Waals surface area contributed by atoms with Crippen LogP contribution in [0, 0.1) is 35.0 Å². The highest BCUT2D eigenvalue weighted by Crippen LogP contribution is 2.79. The van der Waals surface area contributed by atoms with Crippen molar-refractivity contribution in [1.82, 2.24) is 4.90 Å². The Hall–Kier alpha value is -1.56. The van der Waals surface area contributed by atoms with Crippen molar-refractivity contribution in [2.75, 3.05) is 33.6 Å². The van der Waals surface area contributed by atoms with E-state index in [0.717, 1.165) is 12.7 Å². The summed E-state index contributed by atoms with van der Waals surface area (Å²) in [5.41, 5.74) is -3.43. The Morgan fingerprint density at radius 3 is 2.52 bits per heavy atom. The quantitative estimate of drug-likeness (QED) is 0.453. The van der Waals surface area contributed by atoms with Gasteiger partial charge in [0, 0.05) is 56.2 Å². The van der Waals surface area contributed by atoms with Gasteiger partial charge in [0.05, 0.1) is 23.5 Å². The Balaban J connectivity index is 1.37. The molecule has 0 radical (unpaired) electrons. The second-order valence-corrected chi connectivity index (χ2v) is 16.5. The van der Waals surface area contributed by atoms with Crippen LogP contribution < -0.4 is 0 Å². The Morgan fingerprint density at radius 2 is 1.86 bits per heavy atom. The van der Waals surface area contributed by atoms with Crippen LogP contribution in [0.4, 0.5) is 0 Å². The summed E-state index contributed by atoms with van der Waals surface area (Å²) >= 11 is 0. The molecule has 2 N–H and O–H groups in total. The van der Waals surface area contributed by atoms with Gasteiger partial charge in [0.2, 0.25) is 0 Å². The third-order valence-corrected chi connectivity index (χ3v) is 13.7. The molecule has 1 aromatic rings. The highest BCUT2D eigenvalue weighted by Gasteiger charge is 2.88. The van der Waals surface area contributed by atoms with Gasteiger partial charge in [-0.1, -0.05) is 32.0 Å². The number of hydrogen-bond acceptors (Lipinski definition) is 9. The normalized spacial score (nSPS) is 48.7. The van der Waals surface area contributed by atoms with Gasteiger partial charge in [-0.25, -0.2) is 13.2 Å². The SMILES string of the molecule is CCN1C[C@]2(OC(=O)c3ccccc3CS(C)(=O)=O)CC[C@H](OC)[C@@]34C2CC([C@@H]13)[C@@]1(O)C[C@H](C)[C@H]2CC4[C@]1(O)[C@H]2OC. The summed E-state index contributed by atoms with van der Waals surface area (Å²) in [7, 11) is 0.0324. The lowest BCUT2D eigenvalue weighted by atomic mass is 9.43. The number of piperidine rings is 1. The standard InChI is InChI=1S/C32H45NO8S/c1-6-33-17-29(41-28(34)20-10-8-7-9-19(20)16-42(5,37)38)12-11-25(39-3)31-23(29)14-22(26(31)33)30(35)15-18(2)21-13-24(31)32(30,36)27(21)40-4/h7-10,18,21-27,35-36H,6,11-17H2,1-5H3/t18-,21+,22?,23?,24?,25-,26+,27-,29+,30-,31-,32-/m0/s1. The number of carbonyl (C=O) groups excluding carboxylic acids is 1. The van der Waals surface area contributed by atoms with Gasteiger partial charge in [-0.2, -0.15) is 0 Å². The van der Waals surface area contributed by atoms with Crippen LogP contribution in [0.5, 0.6) is 0 Å². The monoisotopic (exact) mass is 603 g/mol. The van der Waals surface area contributed by atoms with E-state index in [-0.39, 0.29) is 53.1 Å². The fraction of sp³-hybridized carbons (Fsp3) is 0.781. The number of sulfone groups is 1. The molecule has 0 aromatic heterocycles. The molecule has 5 saturated carbocycles. The maximum Gasteiger partial charge on any atom is 0.339 e. The van der Waals surface area contributed by atoms with Crippen LogP contribution in [0.1, 0.15) is 61.9 Å². The first-order valence-corrected chi connectivity index (χ1v) is 17.6. The first-order valence-electron chi connectivity index (χ1n) is 15.6. The second-order valence-electron chi connectivity index (χ2n) is 14.4. The minimum absolute atomic E-state index is 0.0149. The van der Waals surface area contributed by atoms with Crippen molar-refractivity contribution in [2.24, 2.45) is 35.0 Å². The lowest BCUT2D eigenvalue weighted by Crippen LogP contribution is -2.83. The molecule has 12 atom stereocenters. The van der Waals surface area contributed by atoms with E-state index in [9.17, 15) is 23.4 Å². The molecule has 7 bridgehead atoms. The van der Waals surface area contributed by atoms with Gasteiger partial charge >= 0.3 is 5.97 Å². The van der Waals surface area contributed by atoms with Crippen LogP contribution in [0.3, 0.4) is 0 Å². The van der Waals surface area contributed by atoms with E-state index in [1.54, 1.807) is 38.5 Å². The van der Waals surface area contributed by atoms with Crippen molar-refractivity contribution in [3.8, 4) is 0 Å². The Labute approximate surface area is 248 Å². The largest absolute Gasteiger partial charge is 0.454 e. The molecule has 1 aliphatic heterocycles. The number of aliphatic hydroxyl groups is 2. The minimum atomic E-state index is -3.37. The molecule has 3 unspecified atom stereocenters. The molecular formula is C32H45NO8S. The zero-order chi connectivity index (χ0) is 30.0. The van der Waals surface area contributed by atoms with Crippen molar-refractivity contribution in [3.63, 3.8) is 0 Å². The van der Waals surface area contributed by atoms with E-state index in [2.05, 4.69) is 18.7 Å². The topological polar surface area (TPSA) is 123 Å².